The van der Waals surface area contributed by atoms with Crippen molar-refractivity contribution in [2.45, 2.75) is 53.1 Å². The molecule has 4 aromatic heterocycles. The molecule has 5 rings (SSSR count). The Morgan fingerprint density at radius 2 is 1.87 bits per heavy atom. The van der Waals surface area contributed by atoms with Gasteiger partial charge in [0.1, 0.15) is 18.0 Å². The van der Waals surface area contributed by atoms with Crippen LogP contribution in [0.3, 0.4) is 0 Å². The molecule has 5 heterocycles. The van der Waals surface area contributed by atoms with E-state index in [1.54, 1.807) is 37.1 Å². The Kier molecular flexibility index (Phi) is 6.76. The Balaban J connectivity index is 1.66. The van der Waals surface area contributed by atoms with E-state index in [2.05, 4.69) is 58.6 Å². The van der Waals surface area contributed by atoms with Crippen LogP contribution in [-0.4, -0.2) is 65.5 Å². The van der Waals surface area contributed by atoms with Crippen molar-refractivity contribution in [3.8, 4) is 23.1 Å². The lowest BCUT2D eigenvalue weighted by molar-refractivity contribution is -0.134. The van der Waals surface area contributed by atoms with E-state index in [9.17, 15) is 10.1 Å². The van der Waals surface area contributed by atoms with Crippen LogP contribution in [0, 0.1) is 24.2 Å². The van der Waals surface area contributed by atoms with Crippen molar-refractivity contribution < 1.29 is 4.79 Å². The monoisotopic (exact) mass is 509 g/mol. The maximum Gasteiger partial charge on any atom is 0.223 e. The van der Waals surface area contributed by atoms with E-state index >= 15 is 0 Å². The molecule has 0 aromatic carbocycles. The van der Waals surface area contributed by atoms with Gasteiger partial charge in [0, 0.05) is 61.9 Å². The third-order valence-corrected chi connectivity index (χ3v) is 6.98. The van der Waals surface area contributed by atoms with Crippen LogP contribution < -0.4 is 4.90 Å². The van der Waals surface area contributed by atoms with Gasteiger partial charge in [-0.1, -0.05) is 13.8 Å². The van der Waals surface area contributed by atoms with Gasteiger partial charge in [0.15, 0.2) is 5.65 Å². The first-order valence-electron chi connectivity index (χ1n) is 12.8. The first-order valence-corrected chi connectivity index (χ1v) is 12.8. The van der Waals surface area contributed by atoms with Gasteiger partial charge in [-0.2, -0.15) is 5.26 Å². The molecule has 4 aromatic rings. The average molecular weight is 510 g/mol. The van der Waals surface area contributed by atoms with E-state index in [0.717, 1.165) is 28.2 Å². The standard InChI is InChI=1S/C28H31N9O/c1-17(2)10-24(38)35-13-19(4)36(14-18(35)3)27-25-22(26-20(5)30-8-9-32-26)15-37(28(25)34-16-33-27)23-11-21(12-29)6-7-31-23/h6-9,11,15-19H,10,13-14H2,1-5H3/t18-,19+/m1/s1. The molecule has 0 radical (unpaired) electrons. The molecule has 0 aliphatic carbocycles. The average Bonchev–Trinajstić information content (AvgIpc) is 3.29. The van der Waals surface area contributed by atoms with Gasteiger partial charge >= 0.3 is 0 Å². The fraction of sp³-hybridized carbons (Fsp3) is 0.393. The molecule has 10 nitrogen and oxygen atoms in total. The van der Waals surface area contributed by atoms with Gasteiger partial charge in [0.05, 0.1) is 28.4 Å². The number of carbonyl (C=O) groups excluding carboxylic acids is 1. The Morgan fingerprint density at radius 3 is 2.61 bits per heavy atom. The smallest absolute Gasteiger partial charge is 0.223 e. The van der Waals surface area contributed by atoms with E-state index in [1.807, 2.05) is 22.6 Å². The number of aryl methyl sites for hydroxylation is 1. The fourth-order valence-corrected chi connectivity index (χ4v) is 5.15. The lowest BCUT2D eigenvalue weighted by Gasteiger charge is -2.45. The van der Waals surface area contributed by atoms with Crippen molar-refractivity contribution in [2.75, 3.05) is 18.0 Å². The molecule has 0 unspecified atom stereocenters. The summed E-state index contributed by atoms with van der Waals surface area (Å²) in [5.74, 6) is 1.87. The van der Waals surface area contributed by atoms with Crippen molar-refractivity contribution in [1.82, 2.24) is 34.4 Å². The predicted octanol–water partition coefficient (Wildman–Crippen LogP) is 3.92. The zero-order chi connectivity index (χ0) is 27.0. The van der Waals surface area contributed by atoms with Crippen molar-refractivity contribution in [3.63, 3.8) is 0 Å². The van der Waals surface area contributed by atoms with Gasteiger partial charge < -0.3 is 9.80 Å². The van der Waals surface area contributed by atoms with Crippen LogP contribution in [-0.2, 0) is 4.79 Å². The van der Waals surface area contributed by atoms with Crippen LogP contribution in [0.4, 0.5) is 5.82 Å². The second-order valence-electron chi connectivity index (χ2n) is 10.3. The second-order valence-corrected chi connectivity index (χ2v) is 10.3. The highest BCUT2D eigenvalue weighted by Gasteiger charge is 2.34. The lowest BCUT2D eigenvalue weighted by atomic mass is 10.0. The number of fused-ring (bicyclic) bond motifs is 1. The molecule has 0 saturated carbocycles. The van der Waals surface area contributed by atoms with Gasteiger partial charge in [-0.25, -0.2) is 15.0 Å². The maximum atomic E-state index is 12.9. The molecule has 2 atom stereocenters. The zero-order valence-electron chi connectivity index (χ0n) is 22.3. The number of aromatic nitrogens is 6. The normalized spacial score (nSPS) is 17.7. The highest BCUT2D eigenvalue weighted by Crippen LogP contribution is 2.38. The summed E-state index contributed by atoms with van der Waals surface area (Å²) in [6, 6.07) is 5.66. The Hall–Kier alpha value is -4.39. The third-order valence-electron chi connectivity index (χ3n) is 6.98. The number of pyridine rings is 1. The minimum Gasteiger partial charge on any atom is -0.349 e. The van der Waals surface area contributed by atoms with Crippen LogP contribution >= 0.6 is 0 Å². The minimum absolute atomic E-state index is 0.0280. The van der Waals surface area contributed by atoms with E-state index in [-0.39, 0.29) is 18.0 Å². The molecule has 0 spiro atoms. The number of anilines is 1. The molecule has 1 saturated heterocycles. The lowest BCUT2D eigenvalue weighted by Crippen LogP contribution is -2.58. The molecule has 0 N–H and O–H groups in total. The molecular weight excluding hydrogens is 478 g/mol. The molecule has 0 bridgehead atoms. The highest BCUT2D eigenvalue weighted by atomic mass is 16.2. The van der Waals surface area contributed by atoms with E-state index in [4.69, 9.17) is 4.98 Å². The number of hydrogen-bond donors (Lipinski definition) is 0. The van der Waals surface area contributed by atoms with Gasteiger partial charge in [0.25, 0.3) is 0 Å². The van der Waals surface area contributed by atoms with Crippen molar-refractivity contribution in [2.24, 2.45) is 5.92 Å². The Morgan fingerprint density at radius 1 is 1.08 bits per heavy atom. The summed E-state index contributed by atoms with van der Waals surface area (Å²) in [5, 5.41) is 10.3. The highest BCUT2D eigenvalue weighted by molar-refractivity contribution is 6.02. The van der Waals surface area contributed by atoms with E-state index in [1.165, 1.54) is 0 Å². The summed E-state index contributed by atoms with van der Waals surface area (Å²) in [7, 11) is 0. The largest absolute Gasteiger partial charge is 0.349 e. The first kappa shape index (κ1) is 25.3. The van der Waals surface area contributed by atoms with Crippen LogP contribution in [0.2, 0.25) is 0 Å². The number of piperazine rings is 1. The SMILES string of the molecule is Cc1nccnc1-c1cn(-c2cc(C#N)ccn2)c2ncnc(N3C[C@@H](C)N(C(=O)CC(C)C)C[C@@H]3C)c12. The Bertz CT molecular complexity index is 1540. The van der Waals surface area contributed by atoms with Crippen LogP contribution in [0.15, 0.2) is 43.2 Å². The summed E-state index contributed by atoms with van der Waals surface area (Å²) in [5.41, 5.74) is 3.52. The number of carbonyl (C=O) groups is 1. The summed E-state index contributed by atoms with van der Waals surface area (Å²) in [6.45, 7) is 11.5. The fourth-order valence-electron chi connectivity index (χ4n) is 5.15. The maximum absolute atomic E-state index is 12.9. The van der Waals surface area contributed by atoms with Crippen LogP contribution in [0.25, 0.3) is 28.1 Å². The van der Waals surface area contributed by atoms with Gasteiger partial charge in [-0.15, -0.1) is 0 Å². The van der Waals surface area contributed by atoms with Crippen LogP contribution in [0.1, 0.15) is 45.4 Å². The molecule has 1 amide bonds. The number of amides is 1. The van der Waals surface area contributed by atoms with Gasteiger partial charge in [0.2, 0.25) is 5.91 Å². The second kappa shape index (κ2) is 10.2. The summed E-state index contributed by atoms with van der Waals surface area (Å²) < 4.78 is 1.88. The number of hydrogen-bond acceptors (Lipinski definition) is 8. The van der Waals surface area contributed by atoms with Crippen LogP contribution in [0.5, 0.6) is 0 Å². The van der Waals surface area contributed by atoms with Gasteiger partial charge in [-0.05, 0) is 38.8 Å². The van der Waals surface area contributed by atoms with Gasteiger partial charge in [-0.3, -0.25) is 19.3 Å². The van der Waals surface area contributed by atoms with E-state index in [0.29, 0.717) is 42.5 Å². The van der Waals surface area contributed by atoms with Crippen molar-refractivity contribution in [1.29, 1.82) is 5.26 Å². The molecule has 10 heteroatoms. The van der Waals surface area contributed by atoms with Crippen molar-refractivity contribution in [3.05, 3.63) is 54.5 Å². The summed E-state index contributed by atoms with van der Waals surface area (Å²) in [4.78, 5) is 40.2. The Labute approximate surface area is 222 Å². The van der Waals surface area contributed by atoms with E-state index < -0.39 is 0 Å². The summed E-state index contributed by atoms with van der Waals surface area (Å²) in [6.07, 6.45) is 9.01. The molecular formula is C28H31N9O. The predicted molar refractivity (Wildman–Crippen MR) is 145 cm³/mol. The number of nitrogens with zero attached hydrogens (tertiary/aromatic N) is 9. The third kappa shape index (κ3) is 4.56. The molecule has 1 aliphatic rings. The zero-order valence-corrected chi connectivity index (χ0v) is 22.3. The quantitative estimate of drug-likeness (QED) is 0.397. The minimum atomic E-state index is 0.0280. The topological polar surface area (TPSA) is 117 Å². The molecule has 1 aliphatic heterocycles. The molecule has 194 valence electrons. The molecule has 1 fully saturated rings. The number of rotatable bonds is 5. The number of nitriles is 1. The molecule has 38 heavy (non-hydrogen) atoms. The van der Waals surface area contributed by atoms with Crippen molar-refractivity contribution >= 4 is 22.8 Å². The summed E-state index contributed by atoms with van der Waals surface area (Å²) >= 11 is 0. The first-order chi connectivity index (χ1) is 18.3.